The molecule has 8 aromatic rings. The fourth-order valence-electron chi connectivity index (χ4n) is 5.73. The first-order valence-corrected chi connectivity index (χ1v) is 11.7. The predicted octanol–water partition coefficient (Wildman–Crippen LogP) is 8.41. The van der Waals surface area contributed by atoms with E-state index in [1.807, 2.05) is 6.20 Å². The van der Waals surface area contributed by atoms with Crippen molar-refractivity contribution in [3.63, 3.8) is 0 Å². The van der Waals surface area contributed by atoms with E-state index in [1.54, 1.807) is 0 Å². The standard InChI is InChI=1S/C31H20N2O/c1-17-15-26(32-16-18(17)2)25-11-6-10-23-24-14-13-22-21-9-5-8-20-19-7-3-4-12-27(19)33(28(20)21)29(22)31(24)34-30(23)25/h3-16H,1-2H3. The minimum absolute atomic E-state index is 0.894. The maximum Gasteiger partial charge on any atom is 0.160 e. The van der Waals surface area contributed by atoms with Gasteiger partial charge in [0.05, 0.1) is 22.2 Å². The predicted molar refractivity (Wildman–Crippen MR) is 141 cm³/mol. The van der Waals surface area contributed by atoms with Crippen molar-refractivity contribution in [3.05, 3.63) is 96.2 Å². The van der Waals surface area contributed by atoms with Gasteiger partial charge in [0, 0.05) is 44.1 Å². The fraction of sp³-hybridized carbons (Fsp3) is 0.0645. The number of furan rings is 1. The van der Waals surface area contributed by atoms with Crippen LogP contribution < -0.4 is 0 Å². The maximum atomic E-state index is 6.77. The van der Waals surface area contributed by atoms with Crippen molar-refractivity contribution >= 4 is 60.0 Å². The molecule has 0 saturated heterocycles. The Labute approximate surface area is 195 Å². The number of para-hydroxylation sites is 3. The van der Waals surface area contributed by atoms with E-state index in [0.29, 0.717) is 0 Å². The highest BCUT2D eigenvalue weighted by atomic mass is 16.3. The van der Waals surface area contributed by atoms with E-state index in [9.17, 15) is 0 Å². The van der Waals surface area contributed by atoms with Crippen LogP contribution >= 0.6 is 0 Å². The van der Waals surface area contributed by atoms with Crippen LogP contribution in [0.5, 0.6) is 0 Å². The number of aromatic nitrogens is 2. The van der Waals surface area contributed by atoms with Crippen LogP contribution in [0.1, 0.15) is 11.1 Å². The quantitative estimate of drug-likeness (QED) is 0.258. The van der Waals surface area contributed by atoms with Gasteiger partial charge in [-0.2, -0.15) is 0 Å². The zero-order valence-electron chi connectivity index (χ0n) is 18.9. The molecule has 0 spiro atoms. The first-order chi connectivity index (χ1) is 16.7. The molecule has 0 N–H and O–H groups in total. The number of nitrogens with zero attached hydrogens (tertiary/aromatic N) is 2. The third-order valence-electron chi connectivity index (χ3n) is 7.50. The van der Waals surface area contributed by atoms with E-state index in [0.717, 1.165) is 38.7 Å². The molecule has 0 aliphatic heterocycles. The molecule has 0 saturated carbocycles. The highest BCUT2D eigenvalue weighted by molar-refractivity contribution is 6.28. The molecule has 0 aliphatic carbocycles. The van der Waals surface area contributed by atoms with Gasteiger partial charge in [-0.15, -0.1) is 0 Å². The fourth-order valence-corrected chi connectivity index (χ4v) is 5.73. The molecule has 160 valence electrons. The Morgan fingerprint density at radius 3 is 2.18 bits per heavy atom. The number of hydrogen-bond acceptors (Lipinski definition) is 2. The molecule has 0 amide bonds. The molecule has 8 rings (SSSR count). The second-order valence-electron chi connectivity index (χ2n) is 9.33. The molecule has 0 atom stereocenters. The van der Waals surface area contributed by atoms with Gasteiger partial charge in [-0.3, -0.25) is 4.98 Å². The van der Waals surface area contributed by atoms with Crippen molar-refractivity contribution in [1.82, 2.24) is 9.38 Å². The summed E-state index contributed by atoms with van der Waals surface area (Å²) in [6.07, 6.45) is 1.95. The second-order valence-corrected chi connectivity index (χ2v) is 9.33. The van der Waals surface area contributed by atoms with Crippen molar-refractivity contribution < 1.29 is 4.42 Å². The number of fused-ring (bicyclic) bond motifs is 10. The van der Waals surface area contributed by atoms with Gasteiger partial charge in [0.15, 0.2) is 5.58 Å². The number of hydrogen-bond donors (Lipinski definition) is 0. The van der Waals surface area contributed by atoms with Gasteiger partial charge < -0.3 is 8.82 Å². The number of rotatable bonds is 1. The largest absolute Gasteiger partial charge is 0.453 e. The Morgan fingerprint density at radius 2 is 1.29 bits per heavy atom. The Morgan fingerprint density at radius 1 is 0.618 bits per heavy atom. The molecule has 4 aromatic heterocycles. The van der Waals surface area contributed by atoms with Gasteiger partial charge in [-0.25, -0.2) is 0 Å². The average molecular weight is 437 g/mol. The van der Waals surface area contributed by atoms with E-state index < -0.39 is 0 Å². The molecule has 0 unspecified atom stereocenters. The molecule has 3 nitrogen and oxygen atoms in total. The summed E-state index contributed by atoms with van der Waals surface area (Å²) in [6.45, 7) is 4.22. The SMILES string of the molecule is Cc1cnc(-c2cccc3c2oc2c3ccc3c4cccc5c6ccccc6n(c54)c32)cc1C. The normalized spacial score (nSPS) is 12.4. The van der Waals surface area contributed by atoms with Crippen LogP contribution in [0.3, 0.4) is 0 Å². The summed E-state index contributed by atoms with van der Waals surface area (Å²) < 4.78 is 9.17. The lowest BCUT2D eigenvalue weighted by molar-refractivity contribution is 0.672. The molecule has 4 aromatic carbocycles. The summed E-state index contributed by atoms with van der Waals surface area (Å²) in [5.41, 5.74) is 9.85. The Kier molecular flexibility index (Phi) is 3.27. The third-order valence-corrected chi connectivity index (χ3v) is 7.50. The molecule has 34 heavy (non-hydrogen) atoms. The lowest BCUT2D eigenvalue weighted by Crippen LogP contribution is -1.88. The Hall–Kier alpha value is -4.37. The zero-order valence-corrected chi connectivity index (χ0v) is 18.9. The number of aryl methyl sites for hydroxylation is 2. The van der Waals surface area contributed by atoms with Crippen molar-refractivity contribution in [1.29, 1.82) is 0 Å². The van der Waals surface area contributed by atoms with Crippen LogP contribution in [-0.2, 0) is 0 Å². The summed E-state index contributed by atoms with van der Waals surface area (Å²) in [4.78, 5) is 4.73. The van der Waals surface area contributed by atoms with Gasteiger partial charge in [0.1, 0.15) is 5.58 Å². The van der Waals surface area contributed by atoms with E-state index in [2.05, 4.69) is 97.1 Å². The van der Waals surface area contributed by atoms with Crippen LogP contribution in [0.2, 0.25) is 0 Å². The summed E-state index contributed by atoms with van der Waals surface area (Å²) in [5, 5.41) is 7.31. The van der Waals surface area contributed by atoms with Crippen LogP contribution in [0, 0.1) is 13.8 Å². The molecule has 0 fully saturated rings. The molecule has 0 aliphatic rings. The van der Waals surface area contributed by atoms with E-state index in [1.165, 1.54) is 43.7 Å². The molecule has 3 heteroatoms. The minimum Gasteiger partial charge on any atom is -0.453 e. The van der Waals surface area contributed by atoms with Crippen molar-refractivity contribution in [3.8, 4) is 11.3 Å². The van der Waals surface area contributed by atoms with Crippen LogP contribution in [-0.4, -0.2) is 9.38 Å². The summed E-state index contributed by atoms with van der Waals surface area (Å²) in [7, 11) is 0. The monoisotopic (exact) mass is 436 g/mol. The topological polar surface area (TPSA) is 30.4 Å². The van der Waals surface area contributed by atoms with Crippen LogP contribution in [0.4, 0.5) is 0 Å². The Balaban J connectivity index is 1.59. The van der Waals surface area contributed by atoms with Crippen LogP contribution in [0.25, 0.3) is 71.3 Å². The number of pyridine rings is 1. The lowest BCUT2D eigenvalue weighted by Gasteiger charge is -2.05. The van der Waals surface area contributed by atoms with E-state index in [-0.39, 0.29) is 0 Å². The van der Waals surface area contributed by atoms with Gasteiger partial charge in [0.2, 0.25) is 0 Å². The Bertz CT molecular complexity index is 2090. The van der Waals surface area contributed by atoms with Crippen molar-refractivity contribution in [2.75, 3.05) is 0 Å². The molecular formula is C31H20N2O. The first-order valence-electron chi connectivity index (χ1n) is 11.7. The average Bonchev–Trinajstić information content (AvgIpc) is 3.52. The van der Waals surface area contributed by atoms with Crippen molar-refractivity contribution in [2.24, 2.45) is 0 Å². The zero-order chi connectivity index (χ0) is 22.6. The first kappa shape index (κ1) is 18.1. The van der Waals surface area contributed by atoms with Gasteiger partial charge in [0.25, 0.3) is 0 Å². The number of benzene rings is 4. The minimum atomic E-state index is 0.894. The summed E-state index contributed by atoms with van der Waals surface area (Å²) >= 11 is 0. The second kappa shape index (κ2) is 6.15. The highest BCUT2D eigenvalue weighted by Gasteiger charge is 2.22. The summed E-state index contributed by atoms with van der Waals surface area (Å²) in [5.74, 6) is 0. The molecule has 4 heterocycles. The third kappa shape index (κ3) is 2.10. The van der Waals surface area contributed by atoms with E-state index in [4.69, 9.17) is 9.40 Å². The lowest BCUT2D eigenvalue weighted by atomic mass is 10.0. The van der Waals surface area contributed by atoms with Gasteiger partial charge >= 0.3 is 0 Å². The van der Waals surface area contributed by atoms with Gasteiger partial charge in [-0.05, 0) is 49.2 Å². The van der Waals surface area contributed by atoms with Crippen LogP contribution in [0.15, 0.2) is 89.5 Å². The molecule has 0 radical (unpaired) electrons. The highest BCUT2D eigenvalue weighted by Crippen LogP contribution is 2.44. The van der Waals surface area contributed by atoms with Gasteiger partial charge in [-0.1, -0.05) is 54.6 Å². The maximum absolute atomic E-state index is 6.77. The molecule has 0 bridgehead atoms. The molecular weight excluding hydrogens is 416 g/mol. The smallest absolute Gasteiger partial charge is 0.160 e. The van der Waals surface area contributed by atoms with Crippen molar-refractivity contribution in [2.45, 2.75) is 13.8 Å². The van der Waals surface area contributed by atoms with E-state index >= 15 is 0 Å². The summed E-state index contributed by atoms with van der Waals surface area (Å²) in [6, 6.07) is 28.3.